The summed E-state index contributed by atoms with van der Waals surface area (Å²) in [7, 11) is -11.5. The van der Waals surface area contributed by atoms with Crippen LogP contribution in [0.5, 0.6) is 0 Å². The summed E-state index contributed by atoms with van der Waals surface area (Å²) in [6, 6.07) is 0.699. The van der Waals surface area contributed by atoms with Crippen LogP contribution < -0.4 is 0 Å². The predicted octanol–water partition coefficient (Wildman–Crippen LogP) is 2.10. The van der Waals surface area contributed by atoms with Gasteiger partial charge in [0.15, 0.2) is 18.3 Å². The Balaban J connectivity index is 4.29. The number of nitrogens with zero attached hydrogens (tertiary/aromatic N) is 1. The van der Waals surface area contributed by atoms with Gasteiger partial charge in [0.1, 0.15) is 0 Å². The van der Waals surface area contributed by atoms with Crippen LogP contribution in [0.1, 0.15) is 12.8 Å². The molecule has 0 aliphatic rings. The minimum atomic E-state index is -6.13. The van der Waals surface area contributed by atoms with Crippen molar-refractivity contribution >= 4 is 28.6 Å². The molecule has 0 heterocycles. The van der Waals surface area contributed by atoms with Gasteiger partial charge in [0.25, 0.3) is 0 Å². The van der Waals surface area contributed by atoms with Gasteiger partial charge in [-0.2, -0.15) is 13.2 Å². The fraction of sp³-hybridized carbons (Fsp3) is 1.00. The fourth-order valence-electron chi connectivity index (χ4n) is 1.10. The zero-order valence-corrected chi connectivity index (χ0v) is 14.3. The topological polar surface area (TPSA) is 101 Å². The van der Waals surface area contributed by atoms with Gasteiger partial charge < -0.3 is 8.55 Å². The molecular weight excluding hydrogens is 355 g/mol. The summed E-state index contributed by atoms with van der Waals surface area (Å²) in [4.78, 5) is 0. The van der Waals surface area contributed by atoms with E-state index in [-0.39, 0.29) is 6.42 Å². The average Bonchev–Trinajstić information content (AvgIpc) is 2.25. The smallest absolute Gasteiger partial charge is 0.420 e. The molecule has 7 nitrogen and oxygen atoms in total. The number of hydrogen-bond acceptors (Lipinski definition) is 6. The first-order valence-corrected chi connectivity index (χ1v) is 11.6. The van der Waals surface area contributed by atoms with E-state index in [1.165, 1.54) is 0 Å². The van der Waals surface area contributed by atoms with E-state index in [1.807, 2.05) is 13.1 Å². The highest BCUT2D eigenvalue weighted by Crippen LogP contribution is 2.30. The Bertz CT molecular complexity index is 531. The third-order valence-electron chi connectivity index (χ3n) is 2.44. The molecule has 0 atom stereocenters. The Morgan fingerprint density at radius 1 is 1.10 bits per heavy atom. The van der Waals surface area contributed by atoms with Crippen molar-refractivity contribution in [3.63, 3.8) is 0 Å². The van der Waals surface area contributed by atoms with Gasteiger partial charge in [-0.3, -0.25) is 4.18 Å². The number of rotatable bonds is 9. The zero-order chi connectivity index (χ0) is 16.9. The van der Waals surface area contributed by atoms with Crippen molar-refractivity contribution in [1.82, 2.24) is 0 Å². The van der Waals surface area contributed by atoms with Crippen molar-refractivity contribution in [1.29, 1.82) is 0 Å². The van der Waals surface area contributed by atoms with Crippen LogP contribution in [0.25, 0.3) is 4.13 Å². The molecule has 0 aromatic heterocycles. The van der Waals surface area contributed by atoms with Gasteiger partial charge >= 0.3 is 5.51 Å². The monoisotopic (exact) mass is 372 g/mol. The van der Waals surface area contributed by atoms with E-state index in [9.17, 15) is 30.0 Å². The maximum Gasteiger partial charge on any atom is 0.480 e. The van der Waals surface area contributed by atoms with Gasteiger partial charge in [-0.15, -0.1) is 0 Å². The summed E-state index contributed by atoms with van der Waals surface area (Å²) in [6.07, 6.45) is 0.759. The van der Waals surface area contributed by atoms with E-state index in [0.29, 0.717) is 12.5 Å². The molecule has 0 rings (SSSR count). The summed E-state index contributed by atoms with van der Waals surface area (Å²) < 4.78 is 90.2. The maximum atomic E-state index is 12.0. The van der Waals surface area contributed by atoms with Crippen molar-refractivity contribution < 1.29 is 38.6 Å². The van der Waals surface area contributed by atoms with E-state index in [0.717, 1.165) is 0 Å². The predicted molar refractivity (Wildman–Crippen MR) is 71.7 cm³/mol. The normalized spacial score (nSPS) is 14.4. The summed E-state index contributed by atoms with van der Waals surface area (Å²) in [5, 5.41) is 0. The van der Waals surface area contributed by atoms with E-state index in [2.05, 4.69) is 4.18 Å². The Kier molecular flexibility index (Phi) is 7.29. The minimum Gasteiger partial charge on any atom is -0.420 e. The lowest BCUT2D eigenvalue weighted by atomic mass is 10.4. The Labute approximate surface area is 123 Å². The van der Waals surface area contributed by atoms with Crippen LogP contribution in [0.15, 0.2) is 0 Å². The molecule has 0 unspecified atom stereocenters. The van der Waals surface area contributed by atoms with E-state index >= 15 is 0 Å². The molecule has 0 aromatic carbocycles. The third kappa shape index (κ3) is 8.11. The van der Waals surface area contributed by atoms with Crippen molar-refractivity contribution in [3.8, 4) is 0 Å². The summed E-state index contributed by atoms with van der Waals surface area (Å²) in [5.74, 6) is 0. The number of halogens is 3. The standard InChI is InChI=1S/C8H17F3NO6S2Si/c1-17-21(2,3)7-5-4-6-18-20(15,16)12-19(13,14)8(9,10)11/h4-7H2,1-3H3/q-1. The molecule has 0 aromatic rings. The lowest BCUT2D eigenvalue weighted by molar-refractivity contribution is -0.0425. The quantitative estimate of drug-likeness (QED) is 0.454. The van der Waals surface area contributed by atoms with Crippen LogP contribution in [-0.2, 0) is 28.9 Å². The fourth-order valence-corrected chi connectivity index (χ4v) is 4.21. The molecule has 0 fully saturated rings. The van der Waals surface area contributed by atoms with Crippen molar-refractivity contribution in [2.45, 2.75) is 37.5 Å². The molecule has 0 amide bonds. The zero-order valence-electron chi connectivity index (χ0n) is 11.7. The van der Waals surface area contributed by atoms with E-state index in [4.69, 9.17) is 4.43 Å². The summed E-state index contributed by atoms with van der Waals surface area (Å²) >= 11 is 0. The first kappa shape index (κ1) is 20.8. The molecule has 0 aliphatic carbocycles. The number of alkyl halides is 3. The van der Waals surface area contributed by atoms with E-state index < -0.39 is 40.8 Å². The first-order chi connectivity index (χ1) is 9.22. The number of sulfonamides is 1. The van der Waals surface area contributed by atoms with Crippen LogP contribution in [0.2, 0.25) is 19.1 Å². The van der Waals surface area contributed by atoms with Gasteiger partial charge in [0.2, 0.25) is 10.3 Å². The van der Waals surface area contributed by atoms with Gasteiger partial charge in [0, 0.05) is 7.11 Å². The lowest BCUT2D eigenvalue weighted by Gasteiger charge is -2.22. The van der Waals surface area contributed by atoms with Gasteiger partial charge in [-0.05, 0) is 25.6 Å². The van der Waals surface area contributed by atoms with Crippen LogP contribution in [0, 0.1) is 0 Å². The minimum absolute atomic E-state index is 0.223. The number of hydrogen-bond donors (Lipinski definition) is 0. The highest BCUT2D eigenvalue weighted by atomic mass is 32.3. The van der Waals surface area contributed by atoms with Crippen molar-refractivity contribution in [2.75, 3.05) is 13.7 Å². The lowest BCUT2D eigenvalue weighted by Crippen LogP contribution is -2.28. The molecular formula is C8H17F3NO6S2Si-. The molecule has 0 radical (unpaired) electrons. The van der Waals surface area contributed by atoms with Crippen molar-refractivity contribution in [3.05, 3.63) is 4.13 Å². The number of unbranched alkanes of at least 4 members (excludes halogenated alkanes) is 1. The summed E-state index contributed by atoms with van der Waals surface area (Å²) in [6.45, 7) is 3.43. The van der Waals surface area contributed by atoms with Crippen LogP contribution in [0.4, 0.5) is 13.2 Å². The largest absolute Gasteiger partial charge is 0.480 e. The molecule has 0 N–H and O–H groups in total. The second-order valence-electron chi connectivity index (χ2n) is 4.67. The van der Waals surface area contributed by atoms with Crippen LogP contribution >= 0.6 is 0 Å². The molecule has 0 saturated heterocycles. The van der Waals surface area contributed by atoms with Gasteiger partial charge in [-0.25, -0.2) is 16.8 Å². The molecule has 0 spiro atoms. The molecule has 13 heteroatoms. The summed E-state index contributed by atoms with van der Waals surface area (Å²) in [5.41, 5.74) is -5.78. The molecule has 21 heavy (non-hydrogen) atoms. The highest BCUT2D eigenvalue weighted by Gasteiger charge is 2.40. The Morgan fingerprint density at radius 3 is 2.05 bits per heavy atom. The van der Waals surface area contributed by atoms with Crippen LogP contribution in [-0.4, -0.2) is 44.4 Å². The average molecular weight is 372 g/mol. The first-order valence-electron chi connectivity index (χ1n) is 5.72. The Hall–Kier alpha value is -0.213. The SMILES string of the molecule is CO[Si](C)(C)CCCCOS(=O)(=O)[N-]S(=O)(=O)C(F)(F)F. The Morgan fingerprint density at radius 2 is 1.62 bits per heavy atom. The van der Waals surface area contributed by atoms with E-state index in [1.54, 1.807) is 11.2 Å². The van der Waals surface area contributed by atoms with Crippen LogP contribution in [0.3, 0.4) is 0 Å². The van der Waals surface area contributed by atoms with Gasteiger partial charge in [0.05, 0.1) is 6.61 Å². The second kappa shape index (κ2) is 7.37. The van der Waals surface area contributed by atoms with Crippen molar-refractivity contribution in [2.24, 2.45) is 0 Å². The molecule has 0 bridgehead atoms. The molecule has 0 aliphatic heterocycles. The third-order valence-corrected chi connectivity index (χ3v) is 7.67. The molecule has 128 valence electrons. The highest BCUT2D eigenvalue weighted by molar-refractivity contribution is 8.10. The maximum absolute atomic E-state index is 12.0. The van der Waals surface area contributed by atoms with Gasteiger partial charge in [-0.1, -0.05) is 6.42 Å². The molecule has 0 saturated carbocycles. The second-order valence-corrected chi connectivity index (χ2v) is 12.2.